The van der Waals surface area contributed by atoms with E-state index in [4.69, 9.17) is 16.7 Å². The minimum atomic E-state index is -1.30. The molecule has 0 radical (unpaired) electrons. The Hall–Kier alpha value is -2.54. The predicted molar refractivity (Wildman–Crippen MR) is 70.5 cm³/mol. The van der Waals surface area contributed by atoms with Crippen LogP contribution in [0.25, 0.3) is 0 Å². The van der Waals surface area contributed by atoms with Gasteiger partial charge in [0, 0.05) is 6.20 Å². The highest BCUT2D eigenvalue weighted by atomic mass is 35.5. The third kappa shape index (κ3) is 3.14. The predicted octanol–water partition coefficient (Wildman–Crippen LogP) is 2.96. The van der Waals surface area contributed by atoms with Gasteiger partial charge in [0.05, 0.1) is 28.0 Å². The van der Waals surface area contributed by atoms with E-state index in [1.807, 2.05) is 0 Å². The number of aromatic carboxylic acids is 1. The molecule has 5 nitrogen and oxygen atoms in total. The van der Waals surface area contributed by atoms with Crippen molar-refractivity contribution in [3.63, 3.8) is 0 Å². The molecule has 0 unspecified atom stereocenters. The second-order valence-electron chi connectivity index (χ2n) is 3.93. The van der Waals surface area contributed by atoms with Crippen molar-refractivity contribution < 1.29 is 23.5 Å². The van der Waals surface area contributed by atoms with Gasteiger partial charge in [-0.15, -0.1) is 0 Å². The van der Waals surface area contributed by atoms with Crippen LogP contribution in [-0.4, -0.2) is 22.0 Å². The van der Waals surface area contributed by atoms with Crippen LogP contribution in [0.4, 0.5) is 14.5 Å². The molecule has 0 aliphatic carbocycles. The molecule has 1 heterocycles. The fourth-order valence-corrected chi connectivity index (χ4v) is 1.72. The van der Waals surface area contributed by atoms with E-state index >= 15 is 0 Å². The minimum absolute atomic E-state index is 0.134. The summed E-state index contributed by atoms with van der Waals surface area (Å²) in [6.07, 6.45) is 2.31. The number of nitrogens with one attached hydrogen (secondary N) is 1. The Kier molecular flexibility index (Phi) is 4.13. The van der Waals surface area contributed by atoms with Gasteiger partial charge in [-0.3, -0.25) is 9.78 Å². The monoisotopic (exact) mass is 312 g/mol. The zero-order valence-electron chi connectivity index (χ0n) is 10.2. The van der Waals surface area contributed by atoms with E-state index in [0.717, 1.165) is 12.3 Å². The zero-order chi connectivity index (χ0) is 15.6. The molecule has 108 valence electrons. The summed E-state index contributed by atoms with van der Waals surface area (Å²) < 4.78 is 26.9. The van der Waals surface area contributed by atoms with E-state index in [1.54, 1.807) is 0 Å². The summed E-state index contributed by atoms with van der Waals surface area (Å²) in [6, 6.07) is 2.45. The smallest absolute Gasteiger partial charge is 0.337 e. The number of hydrogen-bond donors (Lipinski definition) is 2. The summed E-state index contributed by atoms with van der Waals surface area (Å²) in [5.74, 6) is -4.30. The summed E-state index contributed by atoms with van der Waals surface area (Å²) in [6.45, 7) is 0. The lowest BCUT2D eigenvalue weighted by atomic mass is 10.1. The molecule has 0 aliphatic heterocycles. The average Bonchev–Trinajstić information content (AvgIpc) is 2.43. The number of nitrogens with zero attached hydrogens (tertiary/aromatic N) is 1. The molecule has 21 heavy (non-hydrogen) atoms. The molecule has 2 rings (SSSR count). The van der Waals surface area contributed by atoms with Gasteiger partial charge in [-0.25, -0.2) is 13.6 Å². The molecule has 2 N–H and O–H groups in total. The average molecular weight is 313 g/mol. The molecular formula is C13H7ClF2N2O3. The van der Waals surface area contributed by atoms with E-state index in [-0.39, 0.29) is 11.3 Å². The molecule has 2 aromatic rings. The highest BCUT2D eigenvalue weighted by Gasteiger charge is 2.18. The third-order valence-corrected chi connectivity index (χ3v) is 2.84. The van der Waals surface area contributed by atoms with Crippen LogP contribution in [0.2, 0.25) is 5.02 Å². The van der Waals surface area contributed by atoms with Gasteiger partial charge >= 0.3 is 5.97 Å². The first-order chi connectivity index (χ1) is 9.90. The van der Waals surface area contributed by atoms with Gasteiger partial charge in [0.15, 0.2) is 0 Å². The van der Waals surface area contributed by atoms with Crippen molar-refractivity contribution in [3.05, 3.63) is 58.4 Å². The first kappa shape index (κ1) is 14.9. The molecule has 0 bridgehead atoms. The Bertz CT molecular complexity index is 737. The number of rotatable bonds is 3. The maximum absolute atomic E-state index is 13.6. The van der Waals surface area contributed by atoms with Gasteiger partial charge in [0.1, 0.15) is 11.6 Å². The Balaban J connectivity index is 2.35. The minimum Gasteiger partial charge on any atom is -0.478 e. The van der Waals surface area contributed by atoms with Gasteiger partial charge < -0.3 is 10.4 Å². The number of amides is 1. The normalized spacial score (nSPS) is 10.2. The Morgan fingerprint density at radius 1 is 1.19 bits per heavy atom. The SMILES string of the molecule is O=C(Nc1cnccc1C(=O)O)c1cc(F)c(Cl)cc1F. The van der Waals surface area contributed by atoms with Gasteiger partial charge in [-0.1, -0.05) is 11.6 Å². The summed E-state index contributed by atoms with van der Waals surface area (Å²) in [4.78, 5) is 26.5. The molecule has 1 aromatic carbocycles. The Labute approximate surface area is 122 Å². The van der Waals surface area contributed by atoms with Crippen molar-refractivity contribution in [2.45, 2.75) is 0 Å². The highest BCUT2D eigenvalue weighted by Crippen LogP contribution is 2.21. The van der Waals surface area contributed by atoms with Crippen LogP contribution in [-0.2, 0) is 0 Å². The molecule has 0 saturated heterocycles. The number of aromatic nitrogens is 1. The largest absolute Gasteiger partial charge is 0.478 e. The second kappa shape index (κ2) is 5.84. The van der Waals surface area contributed by atoms with E-state index in [0.29, 0.717) is 12.1 Å². The van der Waals surface area contributed by atoms with Crippen molar-refractivity contribution in [1.29, 1.82) is 0 Å². The number of hydrogen-bond acceptors (Lipinski definition) is 3. The van der Waals surface area contributed by atoms with Crippen molar-refractivity contribution in [2.75, 3.05) is 5.32 Å². The fourth-order valence-electron chi connectivity index (χ4n) is 1.57. The van der Waals surface area contributed by atoms with Crippen molar-refractivity contribution >= 4 is 29.2 Å². The molecule has 0 atom stereocenters. The van der Waals surface area contributed by atoms with Crippen molar-refractivity contribution in [2.24, 2.45) is 0 Å². The van der Waals surface area contributed by atoms with Crippen LogP contribution >= 0.6 is 11.6 Å². The van der Waals surface area contributed by atoms with Gasteiger partial charge in [-0.2, -0.15) is 0 Å². The second-order valence-corrected chi connectivity index (χ2v) is 4.33. The molecular weight excluding hydrogens is 306 g/mol. The van der Waals surface area contributed by atoms with Crippen molar-refractivity contribution in [3.8, 4) is 0 Å². The standard InChI is InChI=1S/C13H7ClF2N2O3/c14-8-4-9(15)7(3-10(8)16)12(19)18-11-5-17-2-1-6(11)13(20)21/h1-5H,(H,18,19)(H,20,21). The number of carboxylic acid groups (broad SMARTS) is 1. The highest BCUT2D eigenvalue weighted by molar-refractivity contribution is 6.30. The molecule has 0 aliphatic rings. The lowest BCUT2D eigenvalue weighted by Crippen LogP contribution is -2.16. The quantitative estimate of drug-likeness (QED) is 0.854. The first-order valence-electron chi connectivity index (χ1n) is 5.53. The number of carbonyl (C=O) groups excluding carboxylic acids is 1. The van der Waals surface area contributed by atoms with Crippen LogP contribution in [0.5, 0.6) is 0 Å². The lowest BCUT2D eigenvalue weighted by molar-refractivity contribution is 0.0698. The number of benzene rings is 1. The van der Waals surface area contributed by atoms with Crippen LogP contribution in [0, 0.1) is 11.6 Å². The molecule has 0 fully saturated rings. The molecule has 8 heteroatoms. The van der Waals surface area contributed by atoms with Gasteiger partial charge in [-0.05, 0) is 18.2 Å². The third-order valence-electron chi connectivity index (χ3n) is 2.55. The maximum Gasteiger partial charge on any atom is 0.337 e. The van der Waals surface area contributed by atoms with Gasteiger partial charge in [0.2, 0.25) is 0 Å². The van der Waals surface area contributed by atoms with E-state index in [1.165, 1.54) is 6.20 Å². The van der Waals surface area contributed by atoms with E-state index in [9.17, 15) is 18.4 Å². The van der Waals surface area contributed by atoms with Crippen LogP contribution in [0.3, 0.4) is 0 Å². The Morgan fingerprint density at radius 2 is 1.90 bits per heavy atom. The van der Waals surface area contributed by atoms with Crippen molar-refractivity contribution in [1.82, 2.24) is 4.98 Å². The molecule has 0 spiro atoms. The summed E-state index contributed by atoms with van der Waals surface area (Å²) in [7, 11) is 0. The fraction of sp³-hybridized carbons (Fsp3) is 0. The number of pyridine rings is 1. The molecule has 1 amide bonds. The van der Waals surface area contributed by atoms with Crippen LogP contribution in [0.1, 0.15) is 20.7 Å². The summed E-state index contributed by atoms with van der Waals surface area (Å²) in [5, 5.41) is 10.7. The van der Waals surface area contributed by atoms with Crippen LogP contribution < -0.4 is 5.32 Å². The number of carbonyl (C=O) groups is 2. The lowest BCUT2D eigenvalue weighted by Gasteiger charge is -2.08. The van der Waals surface area contributed by atoms with E-state index < -0.39 is 34.1 Å². The first-order valence-corrected chi connectivity index (χ1v) is 5.91. The zero-order valence-corrected chi connectivity index (χ0v) is 11.0. The van der Waals surface area contributed by atoms with E-state index in [2.05, 4.69) is 10.3 Å². The molecule has 0 saturated carbocycles. The maximum atomic E-state index is 13.6. The number of carboxylic acids is 1. The van der Waals surface area contributed by atoms with Crippen LogP contribution in [0.15, 0.2) is 30.6 Å². The van der Waals surface area contributed by atoms with Gasteiger partial charge in [0.25, 0.3) is 5.91 Å². The number of halogens is 3. The molecule has 1 aromatic heterocycles. The summed E-state index contributed by atoms with van der Waals surface area (Å²) >= 11 is 5.38. The number of anilines is 1. The summed E-state index contributed by atoms with van der Waals surface area (Å²) in [5.41, 5.74) is -0.963. The topological polar surface area (TPSA) is 79.3 Å². The Morgan fingerprint density at radius 3 is 2.57 bits per heavy atom.